The van der Waals surface area contributed by atoms with E-state index in [9.17, 15) is 4.79 Å². The number of carbonyl (C=O) groups is 1. The standard InChI is InChI=1S/C17H24ClN3OS/c1-11-5-6-13(18)9-14(11)19-15(22)7-8-21-12(2)10-17(3,4)20-16(21)23/h5-6,9,12H,7-8,10H2,1-4H3,(H,19,22)(H,20,23)/t12-/m1/s1. The molecule has 1 aromatic carbocycles. The van der Waals surface area contributed by atoms with Crippen molar-refractivity contribution in [2.45, 2.75) is 52.1 Å². The number of thiocarbonyl (C=S) groups is 1. The maximum atomic E-state index is 12.2. The molecule has 1 atom stereocenters. The number of nitrogens with one attached hydrogen (secondary N) is 2. The van der Waals surface area contributed by atoms with Gasteiger partial charge in [-0.25, -0.2) is 0 Å². The van der Waals surface area contributed by atoms with Crippen LogP contribution in [-0.4, -0.2) is 34.0 Å². The molecule has 2 N–H and O–H groups in total. The first-order chi connectivity index (χ1) is 10.7. The van der Waals surface area contributed by atoms with Gasteiger partial charge in [-0.2, -0.15) is 0 Å². The third-order valence-corrected chi connectivity index (χ3v) is 4.67. The van der Waals surface area contributed by atoms with Crippen molar-refractivity contribution in [3.63, 3.8) is 0 Å². The topological polar surface area (TPSA) is 44.4 Å². The summed E-state index contributed by atoms with van der Waals surface area (Å²) < 4.78 is 0. The Morgan fingerprint density at radius 3 is 2.87 bits per heavy atom. The van der Waals surface area contributed by atoms with Gasteiger partial charge in [-0.15, -0.1) is 0 Å². The van der Waals surface area contributed by atoms with E-state index < -0.39 is 0 Å². The number of anilines is 1. The molecule has 0 aromatic heterocycles. The first kappa shape index (κ1) is 18.0. The highest BCUT2D eigenvalue weighted by Gasteiger charge is 2.32. The second-order valence-corrected chi connectivity index (χ2v) is 7.64. The Bertz CT molecular complexity index is 618. The summed E-state index contributed by atoms with van der Waals surface area (Å²) in [6, 6.07) is 5.80. The number of halogens is 1. The van der Waals surface area contributed by atoms with Crippen molar-refractivity contribution in [1.29, 1.82) is 0 Å². The van der Waals surface area contributed by atoms with Crippen LogP contribution < -0.4 is 10.6 Å². The van der Waals surface area contributed by atoms with Crippen LogP contribution in [0.2, 0.25) is 5.02 Å². The maximum absolute atomic E-state index is 12.2. The first-order valence-corrected chi connectivity index (χ1v) is 8.61. The lowest BCUT2D eigenvalue weighted by atomic mass is 9.93. The van der Waals surface area contributed by atoms with Crippen molar-refractivity contribution in [1.82, 2.24) is 10.2 Å². The van der Waals surface area contributed by atoms with E-state index in [1.807, 2.05) is 19.1 Å². The molecule has 1 fully saturated rings. The normalized spacial score (nSPS) is 20.1. The average Bonchev–Trinajstić information content (AvgIpc) is 2.40. The molecule has 0 radical (unpaired) electrons. The zero-order chi connectivity index (χ0) is 17.2. The Labute approximate surface area is 148 Å². The summed E-state index contributed by atoms with van der Waals surface area (Å²) in [5.74, 6) is -0.0322. The van der Waals surface area contributed by atoms with E-state index in [0.29, 0.717) is 24.0 Å². The van der Waals surface area contributed by atoms with E-state index >= 15 is 0 Å². The summed E-state index contributed by atoms with van der Waals surface area (Å²) in [5, 5.41) is 7.59. The van der Waals surface area contributed by atoms with Gasteiger partial charge in [0.15, 0.2) is 5.11 Å². The lowest BCUT2D eigenvalue weighted by Crippen LogP contribution is -2.60. The first-order valence-electron chi connectivity index (χ1n) is 7.83. The van der Waals surface area contributed by atoms with Crippen LogP contribution in [-0.2, 0) is 4.79 Å². The average molecular weight is 354 g/mol. The summed E-state index contributed by atoms with van der Waals surface area (Å²) in [4.78, 5) is 14.3. The Hall–Kier alpha value is -1.33. The minimum absolute atomic E-state index is 0.00710. The van der Waals surface area contributed by atoms with Gasteiger partial charge in [0.25, 0.3) is 0 Å². The van der Waals surface area contributed by atoms with Crippen LogP contribution in [0.4, 0.5) is 5.69 Å². The van der Waals surface area contributed by atoms with Crippen LogP contribution in [0.1, 0.15) is 39.2 Å². The number of carbonyl (C=O) groups excluding carboxylic acids is 1. The number of amides is 1. The van der Waals surface area contributed by atoms with Gasteiger partial charge in [0.2, 0.25) is 5.91 Å². The van der Waals surface area contributed by atoms with Crippen LogP contribution in [0.25, 0.3) is 0 Å². The molecule has 4 nitrogen and oxygen atoms in total. The van der Waals surface area contributed by atoms with Gasteiger partial charge < -0.3 is 15.5 Å². The minimum atomic E-state index is -0.0322. The Morgan fingerprint density at radius 1 is 1.52 bits per heavy atom. The largest absolute Gasteiger partial charge is 0.358 e. The smallest absolute Gasteiger partial charge is 0.226 e. The van der Waals surface area contributed by atoms with Crippen LogP contribution >= 0.6 is 23.8 Å². The van der Waals surface area contributed by atoms with Gasteiger partial charge in [-0.3, -0.25) is 4.79 Å². The Morgan fingerprint density at radius 2 is 2.22 bits per heavy atom. The fraction of sp³-hybridized carbons (Fsp3) is 0.529. The molecule has 126 valence electrons. The van der Waals surface area contributed by atoms with Gasteiger partial charge in [0.05, 0.1) is 0 Å². The molecule has 0 unspecified atom stereocenters. The highest BCUT2D eigenvalue weighted by atomic mass is 35.5. The number of aryl methyl sites for hydroxylation is 1. The molecule has 0 saturated carbocycles. The SMILES string of the molecule is Cc1ccc(Cl)cc1NC(=O)CCN1C(=S)NC(C)(C)C[C@H]1C. The van der Waals surface area contributed by atoms with E-state index in [4.69, 9.17) is 23.8 Å². The summed E-state index contributed by atoms with van der Waals surface area (Å²) in [7, 11) is 0. The summed E-state index contributed by atoms with van der Waals surface area (Å²) in [5.41, 5.74) is 1.76. The molecule has 1 aromatic rings. The second kappa shape index (κ2) is 7.05. The summed E-state index contributed by atoms with van der Waals surface area (Å²) >= 11 is 11.4. The summed E-state index contributed by atoms with van der Waals surface area (Å²) in [6.07, 6.45) is 1.38. The summed E-state index contributed by atoms with van der Waals surface area (Å²) in [6.45, 7) is 8.98. The van der Waals surface area contributed by atoms with Crippen LogP contribution in [0.5, 0.6) is 0 Å². The quantitative estimate of drug-likeness (QED) is 0.810. The predicted molar refractivity (Wildman–Crippen MR) is 100 cm³/mol. The molecule has 2 rings (SSSR count). The van der Waals surface area contributed by atoms with Crippen molar-refractivity contribution < 1.29 is 4.79 Å². The predicted octanol–water partition coefficient (Wildman–Crippen LogP) is 3.72. The number of hydrogen-bond acceptors (Lipinski definition) is 2. The molecule has 0 spiro atoms. The fourth-order valence-electron chi connectivity index (χ4n) is 2.95. The Kier molecular flexibility index (Phi) is 5.53. The molecule has 6 heteroatoms. The number of nitrogens with zero attached hydrogens (tertiary/aromatic N) is 1. The zero-order valence-corrected chi connectivity index (χ0v) is 15.6. The zero-order valence-electron chi connectivity index (χ0n) is 14.1. The molecule has 1 aliphatic rings. The third kappa shape index (κ3) is 4.82. The van der Waals surface area contributed by atoms with E-state index in [2.05, 4.69) is 36.3 Å². The van der Waals surface area contributed by atoms with Crippen LogP contribution in [0.3, 0.4) is 0 Å². The molecule has 1 aliphatic heterocycles. The molecule has 23 heavy (non-hydrogen) atoms. The van der Waals surface area contributed by atoms with Crippen molar-refractivity contribution in [3.8, 4) is 0 Å². The van der Waals surface area contributed by atoms with Crippen molar-refractivity contribution in [2.24, 2.45) is 0 Å². The van der Waals surface area contributed by atoms with Crippen LogP contribution in [0, 0.1) is 6.92 Å². The molecule has 0 aliphatic carbocycles. The van der Waals surface area contributed by atoms with Gasteiger partial charge in [-0.1, -0.05) is 17.7 Å². The third-order valence-electron chi connectivity index (χ3n) is 4.10. The van der Waals surface area contributed by atoms with E-state index in [-0.39, 0.29) is 11.4 Å². The van der Waals surface area contributed by atoms with Gasteiger partial charge >= 0.3 is 0 Å². The monoisotopic (exact) mass is 353 g/mol. The maximum Gasteiger partial charge on any atom is 0.226 e. The van der Waals surface area contributed by atoms with Crippen molar-refractivity contribution in [3.05, 3.63) is 28.8 Å². The number of hydrogen-bond donors (Lipinski definition) is 2. The molecule has 0 bridgehead atoms. The fourth-order valence-corrected chi connectivity index (χ4v) is 3.67. The number of benzene rings is 1. The molecular weight excluding hydrogens is 330 g/mol. The minimum Gasteiger partial charge on any atom is -0.358 e. The molecule has 1 amide bonds. The lowest BCUT2D eigenvalue weighted by Gasteiger charge is -2.44. The second-order valence-electron chi connectivity index (χ2n) is 6.82. The van der Waals surface area contributed by atoms with E-state index in [0.717, 1.165) is 22.8 Å². The number of rotatable bonds is 4. The van der Waals surface area contributed by atoms with Gasteiger partial charge in [-0.05, 0) is 64.0 Å². The van der Waals surface area contributed by atoms with Gasteiger partial charge in [0.1, 0.15) is 0 Å². The Balaban J connectivity index is 1.92. The van der Waals surface area contributed by atoms with Crippen LogP contribution in [0.15, 0.2) is 18.2 Å². The van der Waals surface area contributed by atoms with Crippen molar-refractivity contribution in [2.75, 3.05) is 11.9 Å². The highest BCUT2D eigenvalue weighted by molar-refractivity contribution is 7.80. The van der Waals surface area contributed by atoms with Crippen molar-refractivity contribution >= 4 is 40.5 Å². The lowest BCUT2D eigenvalue weighted by molar-refractivity contribution is -0.116. The molecule has 1 saturated heterocycles. The van der Waals surface area contributed by atoms with E-state index in [1.54, 1.807) is 6.07 Å². The highest BCUT2D eigenvalue weighted by Crippen LogP contribution is 2.23. The van der Waals surface area contributed by atoms with Gasteiger partial charge in [0, 0.05) is 35.3 Å². The molecule has 1 heterocycles. The van der Waals surface area contributed by atoms with E-state index in [1.165, 1.54) is 0 Å². The molecular formula is C17H24ClN3OS.